The van der Waals surface area contributed by atoms with Gasteiger partial charge in [-0.2, -0.15) is 5.10 Å². The molecule has 0 amide bonds. The first-order valence-corrected chi connectivity index (χ1v) is 5.61. The molecule has 0 unspecified atom stereocenters. The van der Waals surface area contributed by atoms with Gasteiger partial charge in [-0.15, -0.1) is 0 Å². The summed E-state index contributed by atoms with van der Waals surface area (Å²) in [5.74, 6) is 1.62. The van der Waals surface area contributed by atoms with Crippen molar-refractivity contribution in [1.82, 2.24) is 9.78 Å². The Bertz CT molecular complexity index is 323. The molecular weight excluding hydrogens is 174 g/mol. The van der Waals surface area contributed by atoms with E-state index >= 15 is 0 Å². The summed E-state index contributed by atoms with van der Waals surface area (Å²) in [5.41, 5.74) is 7.34. The van der Waals surface area contributed by atoms with E-state index in [9.17, 15) is 0 Å². The molecule has 3 nitrogen and oxygen atoms in total. The quantitative estimate of drug-likeness (QED) is 0.787. The molecule has 0 aliphatic heterocycles. The van der Waals surface area contributed by atoms with E-state index in [2.05, 4.69) is 16.0 Å². The fourth-order valence-electron chi connectivity index (χ4n) is 1.94. The standard InChI is InChI=1S/C11H17N3/c12-11(9-3-4-9)10-5-13-14(7-10)6-8-1-2-8/h5,7-9,11H,1-4,6,12H2/t11-/m1/s1. The Morgan fingerprint density at radius 1 is 1.43 bits per heavy atom. The van der Waals surface area contributed by atoms with E-state index in [-0.39, 0.29) is 6.04 Å². The number of hydrogen-bond donors (Lipinski definition) is 1. The van der Waals surface area contributed by atoms with Crippen LogP contribution >= 0.6 is 0 Å². The summed E-state index contributed by atoms with van der Waals surface area (Å²) in [4.78, 5) is 0. The van der Waals surface area contributed by atoms with Crippen LogP contribution in [0.25, 0.3) is 0 Å². The summed E-state index contributed by atoms with van der Waals surface area (Å²) >= 11 is 0. The topological polar surface area (TPSA) is 43.8 Å². The second-order valence-corrected chi connectivity index (χ2v) is 4.80. The van der Waals surface area contributed by atoms with Crippen molar-refractivity contribution in [2.45, 2.75) is 38.3 Å². The monoisotopic (exact) mass is 191 g/mol. The maximum atomic E-state index is 6.11. The number of aromatic nitrogens is 2. The molecule has 2 N–H and O–H groups in total. The molecule has 3 heteroatoms. The fourth-order valence-corrected chi connectivity index (χ4v) is 1.94. The van der Waals surface area contributed by atoms with Crippen molar-refractivity contribution in [2.75, 3.05) is 0 Å². The normalized spacial score (nSPS) is 23.8. The smallest absolute Gasteiger partial charge is 0.0537 e. The van der Waals surface area contributed by atoms with Gasteiger partial charge in [0.2, 0.25) is 0 Å². The average molecular weight is 191 g/mol. The third kappa shape index (κ3) is 1.69. The number of nitrogens with two attached hydrogens (primary N) is 1. The van der Waals surface area contributed by atoms with E-state index in [1.165, 1.54) is 31.2 Å². The van der Waals surface area contributed by atoms with Gasteiger partial charge in [0.05, 0.1) is 6.20 Å². The van der Waals surface area contributed by atoms with Gasteiger partial charge in [-0.05, 0) is 37.5 Å². The lowest BCUT2D eigenvalue weighted by Gasteiger charge is -2.05. The Hall–Kier alpha value is -0.830. The molecule has 1 atom stereocenters. The molecule has 1 aromatic rings. The van der Waals surface area contributed by atoms with Crippen LogP contribution in [0.3, 0.4) is 0 Å². The molecule has 1 aromatic heterocycles. The molecule has 0 saturated heterocycles. The Balaban J connectivity index is 1.68. The average Bonchev–Trinajstić information content (AvgIpc) is 3.04. The van der Waals surface area contributed by atoms with Crippen molar-refractivity contribution < 1.29 is 0 Å². The van der Waals surface area contributed by atoms with E-state index in [1.54, 1.807) is 0 Å². The van der Waals surface area contributed by atoms with Crippen LogP contribution in [0, 0.1) is 11.8 Å². The van der Waals surface area contributed by atoms with Crippen molar-refractivity contribution in [1.29, 1.82) is 0 Å². The van der Waals surface area contributed by atoms with E-state index in [0.29, 0.717) is 0 Å². The summed E-state index contributed by atoms with van der Waals surface area (Å²) in [6.45, 7) is 1.09. The summed E-state index contributed by atoms with van der Waals surface area (Å²) in [6, 6.07) is 0.239. The van der Waals surface area contributed by atoms with E-state index in [4.69, 9.17) is 5.73 Å². The first kappa shape index (κ1) is 8.48. The van der Waals surface area contributed by atoms with Gasteiger partial charge in [-0.25, -0.2) is 0 Å². The van der Waals surface area contributed by atoms with Crippen molar-refractivity contribution >= 4 is 0 Å². The Morgan fingerprint density at radius 2 is 2.21 bits per heavy atom. The zero-order valence-corrected chi connectivity index (χ0v) is 8.39. The third-order valence-electron chi connectivity index (χ3n) is 3.31. The molecule has 2 fully saturated rings. The first-order chi connectivity index (χ1) is 6.83. The molecule has 0 radical (unpaired) electrons. The molecule has 1 heterocycles. The van der Waals surface area contributed by atoms with Gasteiger partial charge in [0, 0.05) is 24.3 Å². The van der Waals surface area contributed by atoms with Crippen LogP contribution in [0.2, 0.25) is 0 Å². The lowest BCUT2D eigenvalue weighted by atomic mass is 10.1. The third-order valence-corrected chi connectivity index (χ3v) is 3.31. The highest BCUT2D eigenvalue weighted by Gasteiger charge is 2.30. The van der Waals surface area contributed by atoms with Gasteiger partial charge < -0.3 is 5.73 Å². The predicted molar refractivity (Wildman–Crippen MR) is 54.6 cm³/mol. The van der Waals surface area contributed by atoms with Gasteiger partial charge in [-0.3, -0.25) is 4.68 Å². The molecule has 2 saturated carbocycles. The zero-order chi connectivity index (χ0) is 9.54. The van der Waals surface area contributed by atoms with Crippen molar-refractivity contribution in [3.8, 4) is 0 Å². The van der Waals surface area contributed by atoms with E-state index in [1.807, 2.05) is 6.20 Å². The van der Waals surface area contributed by atoms with Gasteiger partial charge >= 0.3 is 0 Å². The van der Waals surface area contributed by atoms with E-state index < -0.39 is 0 Å². The fraction of sp³-hybridized carbons (Fsp3) is 0.727. The van der Waals surface area contributed by atoms with Gasteiger partial charge in [0.25, 0.3) is 0 Å². The second kappa shape index (κ2) is 3.09. The van der Waals surface area contributed by atoms with Gasteiger partial charge in [-0.1, -0.05) is 0 Å². The SMILES string of the molecule is N[C@@H](c1cnn(CC2CC2)c1)C1CC1. The molecule has 0 spiro atoms. The van der Waals surface area contributed by atoms with Crippen molar-refractivity contribution in [3.63, 3.8) is 0 Å². The van der Waals surface area contributed by atoms with E-state index in [0.717, 1.165) is 18.4 Å². The Labute approximate surface area is 84.3 Å². The maximum absolute atomic E-state index is 6.11. The molecule has 0 aromatic carbocycles. The summed E-state index contributed by atoms with van der Waals surface area (Å²) in [7, 11) is 0. The van der Waals surface area contributed by atoms with Crippen LogP contribution < -0.4 is 5.73 Å². The van der Waals surface area contributed by atoms with Crippen molar-refractivity contribution in [3.05, 3.63) is 18.0 Å². The van der Waals surface area contributed by atoms with Crippen LogP contribution in [-0.2, 0) is 6.54 Å². The predicted octanol–water partition coefficient (Wildman–Crippen LogP) is 1.70. The highest BCUT2D eigenvalue weighted by atomic mass is 15.3. The molecule has 3 rings (SSSR count). The largest absolute Gasteiger partial charge is 0.324 e. The summed E-state index contributed by atoms with van der Waals surface area (Å²) in [6.07, 6.45) is 9.45. The first-order valence-electron chi connectivity index (χ1n) is 5.61. The Morgan fingerprint density at radius 3 is 2.86 bits per heavy atom. The summed E-state index contributed by atoms with van der Waals surface area (Å²) < 4.78 is 2.06. The second-order valence-electron chi connectivity index (χ2n) is 4.80. The van der Waals surface area contributed by atoms with Crippen LogP contribution in [0.5, 0.6) is 0 Å². The molecular formula is C11H17N3. The molecule has 0 bridgehead atoms. The van der Waals surface area contributed by atoms with Crippen LogP contribution in [-0.4, -0.2) is 9.78 Å². The van der Waals surface area contributed by atoms with Gasteiger partial charge in [0.15, 0.2) is 0 Å². The van der Waals surface area contributed by atoms with Crippen LogP contribution in [0.4, 0.5) is 0 Å². The number of hydrogen-bond acceptors (Lipinski definition) is 2. The van der Waals surface area contributed by atoms with Crippen LogP contribution in [0.1, 0.15) is 37.3 Å². The lowest BCUT2D eigenvalue weighted by Crippen LogP contribution is -2.11. The molecule has 2 aliphatic rings. The highest BCUT2D eigenvalue weighted by molar-refractivity contribution is 5.13. The summed E-state index contributed by atoms with van der Waals surface area (Å²) in [5, 5.41) is 4.36. The molecule has 2 aliphatic carbocycles. The Kier molecular flexibility index (Phi) is 1.87. The number of nitrogens with zero attached hydrogens (tertiary/aromatic N) is 2. The maximum Gasteiger partial charge on any atom is 0.0537 e. The lowest BCUT2D eigenvalue weighted by molar-refractivity contribution is 0.560. The minimum Gasteiger partial charge on any atom is -0.324 e. The highest BCUT2D eigenvalue weighted by Crippen LogP contribution is 2.39. The van der Waals surface area contributed by atoms with Crippen LogP contribution in [0.15, 0.2) is 12.4 Å². The zero-order valence-electron chi connectivity index (χ0n) is 8.39. The minimum atomic E-state index is 0.239. The molecule has 14 heavy (non-hydrogen) atoms. The molecule has 76 valence electrons. The van der Waals surface area contributed by atoms with Gasteiger partial charge in [0.1, 0.15) is 0 Å². The minimum absolute atomic E-state index is 0.239. The number of rotatable bonds is 4. The van der Waals surface area contributed by atoms with Crippen molar-refractivity contribution in [2.24, 2.45) is 17.6 Å².